The van der Waals surface area contributed by atoms with Crippen molar-refractivity contribution < 1.29 is 4.79 Å². The number of fused-ring (bicyclic) bond motifs is 1. The largest absolute Gasteiger partial charge is 0.323 e. The second kappa shape index (κ2) is 6.94. The van der Waals surface area contributed by atoms with Gasteiger partial charge in [0, 0.05) is 18.1 Å². The third kappa shape index (κ3) is 3.11. The Bertz CT molecular complexity index is 1010. The number of aromatic nitrogens is 1. The highest BCUT2D eigenvalue weighted by Crippen LogP contribution is 2.30. The SMILES string of the molecule is O=C(c1cc2ccccc2cn1)N1CCN=C1Nc1c(Cl)cccc1Cl. The third-order valence-corrected chi connectivity index (χ3v) is 4.77. The van der Waals surface area contributed by atoms with Crippen LogP contribution in [0, 0.1) is 0 Å². The number of carbonyl (C=O) groups is 1. The number of anilines is 1. The van der Waals surface area contributed by atoms with Crippen LogP contribution in [-0.2, 0) is 0 Å². The third-order valence-electron chi connectivity index (χ3n) is 4.14. The quantitative estimate of drug-likeness (QED) is 0.709. The normalized spacial score (nSPS) is 13.8. The number of nitrogens with zero attached hydrogens (tertiary/aromatic N) is 3. The second-order valence-electron chi connectivity index (χ2n) is 5.80. The molecule has 0 aliphatic carbocycles. The minimum Gasteiger partial charge on any atom is -0.323 e. The molecular weight excluding hydrogens is 371 g/mol. The summed E-state index contributed by atoms with van der Waals surface area (Å²) in [5, 5.41) is 5.95. The van der Waals surface area contributed by atoms with Crippen LogP contribution in [-0.4, -0.2) is 34.8 Å². The van der Waals surface area contributed by atoms with Gasteiger partial charge >= 0.3 is 0 Å². The Balaban J connectivity index is 1.62. The van der Waals surface area contributed by atoms with E-state index in [9.17, 15) is 4.79 Å². The Hall–Kier alpha value is -2.63. The zero-order valence-electron chi connectivity index (χ0n) is 13.6. The van der Waals surface area contributed by atoms with Gasteiger partial charge in [0.25, 0.3) is 5.91 Å². The molecule has 1 amide bonds. The number of benzene rings is 2. The first-order valence-corrected chi connectivity index (χ1v) is 8.81. The fourth-order valence-electron chi connectivity index (χ4n) is 2.82. The van der Waals surface area contributed by atoms with Crippen LogP contribution < -0.4 is 5.32 Å². The summed E-state index contributed by atoms with van der Waals surface area (Å²) >= 11 is 12.4. The first kappa shape index (κ1) is 16.8. The number of amides is 1. The van der Waals surface area contributed by atoms with E-state index in [1.807, 2.05) is 24.3 Å². The molecule has 5 nitrogen and oxygen atoms in total. The van der Waals surface area contributed by atoms with E-state index in [1.165, 1.54) is 0 Å². The zero-order chi connectivity index (χ0) is 18.1. The van der Waals surface area contributed by atoms with E-state index in [0.29, 0.717) is 40.5 Å². The highest BCUT2D eigenvalue weighted by atomic mass is 35.5. The number of rotatable bonds is 2. The number of guanidine groups is 1. The number of aliphatic imine (C=N–C) groups is 1. The lowest BCUT2D eigenvalue weighted by Gasteiger charge is -2.20. The Labute approximate surface area is 160 Å². The number of carbonyl (C=O) groups excluding carboxylic acids is 1. The van der Waals surface area contributed by atoms with E-state index < -0.39 is 0 Å². The van der Waals surface area contributed by atoms with E-state index in [1.54, 1.807) is 35.4 Å². The Morgan fingerprint density at radius 2 is 1.77 bits per heavy atom. The maximum absolute atomic E-state index is 12.9. The van der Waals surface area contributed by atoms with Crippen molar-refractivity contribution >= 4 is 51.5 Å². The van der Waals surface area contributed by atoms with E-state index in [-0.39, 0.29) is 5.91 Å². The summed E-state index contributed by atoms with van der Waals surface area (Å²) in [5.41, 5.74) is 0.895. The molecule has 1 aromatic heterocycles. The molecule has 0 spiro atoms. The molecule has 1 aliphatic rings. The van der Waals surface area contributed by atoms with Crippen molar-refractivity contribution in [2.75, 3.05) is 18.4 Å². The van der Waals surface area contributed by atoms with E-state index in [0.717, 1.165) is 10.8 Å². The molecule has 2 aromatic carbocycles. The molecule has 3 aromatic rings. The number of para-hydroxylation sites is 1. The summed E-state index contributed by atoms with van der Waals surface area (Å²) in [6.45, 7) is 0.974. The van der Waals surface area contributed by atoms with Gasteiger partial charge in [0.1, 0.15) is 5.69 Å². The number of pyridine rings is 1. The van der Waals surface area contributed by atoms with Gasteiger partial charge < -0.3 is 5.32 Å². The van der Waals surface area contributed by atoms with Crippen LogP contribution >= 0.6 is 23.2 Å². The van der Waals surface area contributed by atoms with Crippen molar-refractivity contribution in [1.82, 2.24) is 9.88 Å². The minimum atomic E-state index is -0.220. The standard InChI is InChI=1S/C19H14Cl2N4O/c20-14-6-3-7-15(21)17(14)24-19-22-8-9-25(19)18(26)16-10-12-4-1-2-5-13(12)11-23-16/h1-7,10-11H,8-9H2,(H,22,24). The van der Waals surface area contributed by atoms with Crippen LogP contribution in [0.4, 0.5) is 5.69 Å². The molecule has 0 saturated carbocycles. The van der Waals surface area contributed by atoms with Gasteiger partial charge in [0.05, 0.1) is 22.3 Å². The Kier molecular flexibility index (Phi) is 4.49. The topological polar surface area (TPSA) is 57.6 Å². The first-order chi connectivity index (χ1) is 12.6. The molecular formula is C19H14Cl2N4O. The van der Waals surface area contributed by atoms with Gasteiger partial charge in [0.15, 0.2) is 0 Å². The summed E-state index contributed by atoms with van der Waals surface area (Å²) in [4.78, 5) is 23.2. The van der Waals surface area contributed by atoms with Crippen molar-refractivity contribution in [2.45, 2.75) is 0 Å². The molecule has 4 rings (SSSR count). The van der Waals surface area contributed by atoms with E-state index in [4.69, 9.17) is 23.2 Å². The van der Waals surface area contributed by atoms with Gasteiger partial charge in [-0.2, -0.15) is 0 Å². The van der Waals surface area contributed by atoms with Gasteiger partial charge in [-0.15, -0.1) is 0 Å². The van der Waals surface area contributed by atoms with Gasteiger partial charge in [-0.1, -0.05) is 53.5 Å². The fourth-order valence-corrected chi connectivity index (χ4v) is 3.31. The number of halogens is 2. The van der Waals surface area contributed by atoms with Crippen LogP contribution in [0.5, 0.6) is 0 Å². The van der Waals surface area contributed by atoms with Gasteiger partial charge in [-0.3, -0.25) is 19.7 Å². The highest BCUT2D eigenvalue weighted by Gasteiger charge is 2.27. The van der Waals surface area contributed by atoms with Gasteiger partial charge in [-0.05, 0) is 23.6 Å². The number of hydrogen-bond donors (Lipinski definition) is 1. The first-order valence-electron chi connectivity index (χ1n) is 8.05. The van der Waals surface area contributed by atoms with Gasteiger partial charge in [-0.25, -0.2) is 0 Å². The molecule has 7 heteroatoms. The van der Waals surface area contributed by atoms with Crippen LogP contribution in [0.3, 0.4) is 0 Å². The minimum absolute atomic E-state index is 0.220. The molecule has 0 atom stereocenters. The highest BCUT2D eigenvalue weighted by molar-refractivity contribution is 6.40. The van der Waals surface area contributed by atoms with Crippen molar-refractivity contribution in [1.29, 1.82) is 0 Å². The van der Waals surface area contributed by atoms with Crippen LogP contribution in [0.15, 0.2) is 59.7 Å². The summed E-state index contributed by atoms with van der Waals surface area (Å²) in [7, 11) is 0. The molecule has 0 fully saturated rings. The molecule has 0 saturated heterocycles. The Morgan fingerprint density at radius 1 is 1.04 bits per heavy atom. The molecule has 1 N–H and O–H groups in total. The van der Waals surface area contributed by atoms with Crippen molar-refractivity contribution in [3.05, 3.63) is 70.5 Å². The van der Waals surface area contributed by atoms with Crippen LogP contribution in [0.1, 0.15) is 10.5 Å². The maximum Gasteiger partial charge on any atom is 0.279 e. The lowest BCUT2D eigenvalue weighted by molar-refractivity contribution is 0.0852. The average Bonchev–Trinajstić information content (AvgIpc) is 3.12. The van der Waals surface area contributed by atoms with E-state index in [2.05, 4.69) is 15.3 Å². The molecule has 130 valence electrons. The predicted molar refractivity (Wildman–Crippen MR) is 105 cm³/mol. The van der Waals surface area contributed by atoms with Gasteiger partial charge in [0.2, 0.25) is 5.96 Å². The molecule has 2 heterocycles. The molecule has 0 bridgehead atoms. The summed E-state index contributed by atoms with van der Waals surface area (Å²) < 4.78 is 0. The summed E-state index contributed by atoms with van der Waals surface area (Å²) in [6.07, 6.45) is 1.70. The lowest BCUT2D eigenvalue weighted by Crippen LogP contribution is -2.38. The molecule has 0 unspecified atom stereocenters. The molecule has 26 heavy (non-hydrogen) atoms. The van der Waals surface area contributed by atoms with Crippen LogP contribution in [0.2, 0.25) is 10.0 Å². The summed E-state index contributed by atoms with van der Waals surface area (Å²) in [6, 6.07) is 14.8. The summed E-state index contributed by atoms with van der Waals surface area (Å²) in [5.74, 6) is 0.197. The van der Waals surface area contributed by atoms with Crippen LogP contribution in [0.25, 0.3) is 10.8 Å². The molecule has 0 radical (unpaired) electrons. The Morgan fingerprint density at radius 3 is 2.54 bits per heavy atom. The second-order valence-corrected chi connectivity index (χ2v) is 6.61. The monoisotopic (exact) mass is 384 g/mol. The molecule has 1 aliphatic heterocycles. The van der Waals surface area contributed by atoms with Crippen molar-refractivity contribution in [3.8, 4) is 0 Å². The lowest BCUT2D eigenvalue weighted by atomic mass is 10.1. The zero-order valence-corrected chi connectivity index (χ0v) is 15.1. The number of hydrogen-bond acceptors (Lipinski definition) is 4. The number of nitrogens with one attached hydrogen (secondary N) is 1. The smallest absolute Gasteiger partial charge is 0.279 e. The predicted octanol–water partition coefficient (Wildman–Crippen LogP) is 4.47. The van der Waals surface area contributed by atoms with Crippen molar-refractivity contribution in [2.24, 2.45) is 4.99 Å². The fraction of sp³-hybridized carbons (Fsp3) is 0.105. The van der Waals surface area contributed by atoms with E-state index >= 15 is 0 Å². The van der Waals surface area contributed by atoms with Crippen molar-refractivity contribution in [3.63, 3.8) is 0 Å². The maximum atomic E-state index is 12.9. The average molecular weight is 385 g/mol.